The van der Waals surface area contributed by atoms with Gasteiger partial charge in [0.05, 0.1) is 25.8 Å². The normalized spacial score (nSPS) is 21.6. The van der Waals surface area contributed by atoms with Crippen molar-refractivity contribution >= 4 is 11.8 Å². The Labute approximate surface area is 120 Å². The van der Waals surface area contributed by atoms with E-state index in [-0.39, 0.29) is 24.4 Å². The van der Waals surface area contributed by atoms with Gasteiger partial charge in [-0.05, 0) is 26.2 Å². The second-order valence-corrected chi connectivity index (χ2v) is 5.48. The van der Waals surface area contributed by atoms with Crippen molar-refractivity contribution in [1.82, 2.24) is 15.1 Å². The van der Waals surface area contributed by atoms with Gasteiger partial charge in [0.2, 0.25) is 11.8 Å². The average Bonchev–Trinajstić information content (AvgIpc) is 2.53. The molecule has 0 radical (unpaired) electrons. The van der Waals surface area contributed by atoms with Crippen LogP contribution in [-0.4, -0.2) is 73.6 Å². The third-order valence-corrected chi connectivity index (χ3v) is 3.96. The van der Waals surface area contributed by atoms with Gasteiger partial charge >= 0.3 is 0 Å². The molecule has 0 aliphatic carbocycles. The number of piperidine rings is 1. The van der Waals surface area contributed by atoms with Crippen LogP contribution in [-0.2, 0) is 14.3 Å². The van der Waals surface area contributed by atoms with E-state index in [4.69, 9.17) is 4.74 Å². The molecule has 2 fully saturated rings. The smallest absolute Gasteiger partial charge is 0.239 e. The third-order valence-electron chi connectivity index (χ3n) is 3.96. The standard InChI is InChI=1S/C14H25N3O3/c1-12(14(19)17-7-9-20-10-8-17)15-11-13(18)16-5-3-2-4-6-16/h12,15H,2-11H2,1H3. The molecule has 2 heterocycles. The number of carbonyl (C=O) groups is 2. The molecule has 6 heteroatoms. The number of nitrogens with zero attached hydrogens (tertiary/aromatic N) is 2. The molecule has 0 aromatic rings. The fourth-order valence-corrected chi connectivity index (χ4v) is 2.64. The molecule has 1 atom stereocenters. The highest BCUT2D eigenvalue weighted by Gasteiger charge is 2.23. The van der Waals surface area contributed by atoms with Gasteiger partial charge in [-0.1, -0.05) is 0 Å². The van der Waals surface area contributed by atoms with E-state index in [1.165, 1.54) is 6.42 Å². The lowest BCUT2D eigenvalue weighted by Gasteiger charge is -2.30. The van der Waals surface area contributed by atoms with E-state index in [0.29, 0.717) is 26.3 Å². The molecule has 114 valence electrons. The largest absolute Gasteiger partial charge is 0.378 e. The van der Waals surface area contributed by atoms with Gasteiger partial charge in [-0.2, -0.15) is 0 Å². The number of rotatable bonds is 4. The maximum absolute atomic E-state index is 12.2. The van der Waals surface area contributed by atoms with Crippen LogP contribution < -0.4 is 5.32 Å². The fraction of sp³-hybridized carbons (Fsp3) is 0.857. The van der Waals surface area contributed by atoms with E-state index in [2.05, 4.69) is 5.32 Å². The summed E-state index contributed by atoms with van der Waals surface area (Å²) in [5, 5.41) is 3.05. The summed E-state index contributed by atoms with van der Waals surface area (Å²) >= 11 is 0. The molecule has 20 heavy (non-hydrogen) atoms. The summed E-state index contributed by atoms with van der Waals surface area (Å²) in [7, 11) is 0. The monoisotopic (exact) mass is 283 g/mol. The Kier molecular flexibility index (Phi) is 5.79. The second-order valence-electron chi connectivity index (χ2n) is 5.48. The Morgan fingerprint density at radius 2 is 1.70 bits per heavy atom. The number of nitrogens with one attached hydrogen (secondary N) is 1. The summed E-state index contributed by atoms with van der Waals surface area (Å²) in [6.07, 6.45) is 3.39. The fourth-order valence-electron chi connectivity index (χ4n) is 2.64. The van der Waals surface area contributed by atoms with Crippen LogP contribution in [0, 0.1) is 0 Å². The minimum Gasteiger partial charge on any atom is -0.378 e. The summed E-state index contributed by atoms with van der Waals surface area (Å²) in [4.78, 5) is 27.9. The lowest BCUT2D eigenvalue weighted by atomic mass is 10.1. The molecule has 0 bridgehead atoms. The van der Waals surface area contributed by atoms with E-state index in [9.17, 15) is 9.59 Å². The quantitative estimate of drug-likeness (QED) is 0.778. The molecule has 2 aliphatic heterocycles. The second kappa shape index (κ2) is 7.59. The molecule has 0 spiro atoms. The zero-order valence-electron chi connectivity index (χ0n) is 12.3. The lowest BCUT2D eigenvalue weighted by molar-refractivity contribution is -0.137. The van der Waals surface area contributed by atoms with Crippen LogP contribution in [0.2, 0.25) is 0 Å². The zero-order chi connectivity index (χ0) is 14.4. The molecule has 1 N–H and O–H groups in total. The van der Waals surface area contributed by atoms with Gasteiger partial charge in [0.1, 0.15) is 0 Å². The first-order valence-corrected chi connectivity index (χ1v) is 7.56. The summed E-state index contributed by atoms with van der Waals surface area (Å²) in [6, 6.07) is -0.318. The van der Waals surface area contributed by atoms with Gasteiger partial charge in [-0.25, -0.2) is 0 Å². The predicted molar refractivity (Wildman–Crippen MR) is 75.3 cm³/mol. The van der Waals surface area contributed by atoms with Crippen molar-refractivity contribution in [2.24, 2.45) is 0 Å². The minimum atomic E-state index is -0.318. The van der Waals surface area contributed by atoms with Crippen molar-refractivity contribution < 1.29 is 14.3 Å². The lowest BCUT2D eigenvalue weighted by Crippen LogP contribution is -2.51. The zero-order valence-corrected chi connectivity index (χ0v) is 12.3. The highest BCUT2D eigenvalue weighted by molar-refractivity contribution is 5.83. The van der Waals surface area contributed by atoms with Gasteiger partial charge < -0.3 is 14.5 Å². The minimum absolute atomic E-state index is 0.0553. The number of carbonyl (C=O) groups excluding carboxylic acids is 2. The first kappa shape index (κ1) is 15.3. The Morgan fingerprint density at radius 3 is 2.35 bits per heavy atom. The molecule has 0 saturated carbocycles. The molecule has 0 aromatic heterocycles. The molecule has 2 amide bonds. The van der Waals surface area contributed by atoms with Crippen molar-refractivity contribution in [3.8, 4) is 0 Å². The van der Waals surface area contributed by atoms with Crippen LogP contribution in [0.25, 0.3) is 0 Å². The number of hydrogen-bond donors (Lipinski definition) is 1. The van der Waals surface area contributed by atoms with Gasteiger partial charge in [-0.3, -0.25) is 14.9 Å². The first-order valence-electron chi connectivity index (χ1n) is 7.56. The summed E-state index contributed by atoms with van der Waals surface area (Å²) in [6.45, 7) is 6.27. The van der Waals surface area contributed by atoms with Crippen molar-refractivity contribution in [3.63, 3.8) is 0 Å². The van der Waals surface area contributed by atoms with Crippen LogP contribution in [0.15, 0.2) is 0 Å². The topological polar surface area (TPSA) is 61.9 Å². The maximum Gasteiger partial charge on any atom is 0.239 e. The SMILES string of the molecule is CC(NCC(=O)N1CCCCC1)C(=O)N1CCOCC1. The van der Waals surface area contributed by atoms with Gasteiger partial charge in [0.25, 0.3) is 0 Å². The van der Waals surface area contributed by atoms with Gasteiger partial charge in [-0.15, -0.1) is 0 Å². The van der Waals surface area contributed by atoms with E-state index in [1.807, 2.05) is 11.8 Å². The van der Waals surface area contributed by atoms with Gasteiger partial charge in [0, 0.05) is 26.2 Å². The van der Waals surface area contributed by atoms with Crippen LogP contribution >= 0.6 is 0 Å². The van der Waals surface area contributed by atoms with Gasteiger partial charge in [0.15, 0.2) is 0 Å². The maximum atomic E-state index is 12.2. The third kappa shape index (κ3) is 4.18. The predicted octanol–water partition coefficient (Wildman–Crippen LogP) is -0.164. The highest BCUT2D eigenvalue weighted by Crippen LogP contribution is 2.08. The Bertz CT molecular complexity index is 337. The molecule has 0 aromatic carbocycles. The van der Waals surface area contributed by atoms with Crippen LogP contribution in [0.5, 0.6) is 0 Å². The number of amides is 2. The summed E-state index contributed by atoms with van der Waals surface area (Å²) in [5.41, 5.74) is 0. The van der Waals surface area contributed by atoms with Crippen molar-refractivity contribution in [1.29, 1.82) is 0 Å². The number of hydrogen-bond acceptors (Lipinski definition) is 4. The Balaban J connectivity index is 1.71. The van der Waals surface area contributed by atoms with Crippen LogP contribution in [0.4, 0.5) is 0 Å². The van der Waals surface area contributed by atoms with E-state index >= 15 is 0 Å². The van der Waals surface area contributed by atoms with E-state index in [0.717, 1.165) is 25.9 Å². The molecular formula is C14H25N3O3. The molecule has 6 nitrogen and oxygen atoms in total. The summed E-state index contributed by atoms with van der Waals surface area (Å²) < 4.78 is 5.23. The number of ether oxygens (including phenoxy) is 1. The van der Waals surface area contributed by atoms with Crippen LogP contribution in [0.3, 0.4) is 0 Å². The van der Waals surface area contributed by atoms with Crippen molar-refractivity contribution in [2.45, 2.75) is 32.2 Å². The Morgan fingerprint density at radius 1 is 1.05 bits per heavy atom. The number of morpholine rings is 1. The molecule has 2 aliphatic rings. The highest BCUT2D eigenvalue weighted by atomic mass is 16.5. The van der Waals surface area contributed by atoms with Crippen molar-refractivity contribution in [3.05, 3.63) is 0 Å². The molecule has 1 unspecified atom stereocenters. The van der Waals surface area contributed by atoms with Crippen molar-refractivity contribution in [2.75, 3.05) is 45.9 Å². The molecule has 2 saturated heterocycles. The number of likely N-dealkylation sites (tertiary alicyclic amines) is 1. The molecular weight excluding hydrogens is 258 g/mol. The van der Waals surface area contributed by atoms with E-state index < -0.39 is 0 Å². The first-order chi connectivity index (χ1) is 9.68. The summed E-state index contributed by atoms with van der Waals surface area (Å²) in [5.74, 6) is 0.158. The molecule has 2 rings (SSSR count). The average molecular weight is 283 g/mol. The van der Waals surface area contributed by atoms with Crippen LogP contribution in [0.1, 0.15) is 26.2 Å². The Hall–Kier alpha value is -1.14. The van der Waals surface area contributed by atoms with E-state index in [1.54, 1.807) is 4.90 Å².